The van der Waals surface area contributed by atoms with Crippen LogP contribution in [0, 0.1) is 12.8 Å². The molecule has 0 spiro atoms. The number of carbonyl (C=O) groups excluding carboxylic acids is 1. The van der Waals surface area contributed by atoms with Gasteiger partial charge in [-0.15, -0.1) is 11.3 Å². The van der Waals surface area contributed by atoms with Crippen LogP contribution in [0.1, 0.15) is 38.4 Å². The van der Waals surface area contributed by atoms with Gasteiger partial charge in [-0.2, -0.15) is 0 Å². The zero-order valence-corrected chi connectivity index (χ0v) is 18.9. The minimum Gasteiger partial charge on any atom is -0.356 e. The Morgan fingerprint density at radius 3 is 2.63 bits per heavy atom. The van der Waals surface area contributed by atoms with Crippen LogP contribution in [0.4, 0.5) is 5.82 Å². The van der Waals surface area contributed by atoms with Crippen molar-refractivity contribution in [3.63, 3.8) is 0 Å². The molecular weight excluding hydrogens is 392 g/mol. The molecule has 1 saturated heterocycles. The van der Waals surface area contributed by atoms with Crippen LogP contribution in [0.5, 0.6) is 0 Å². The molecule has 2 aromatic heterocycles. The molecule has 1 aliphatic heterocycles. The summed E-state index contributed by atoms with van der Waals surface area (Å²) in [4.78, 5) is 28.8. The van der Waals surface area contributed by atoms with Gasteiger partial charge in [-0.25, -0.2) is 9.97 Å². The number of carbonyl (C=O) groups is 1. The lowest BCUT2D eigenvalue weighted by atomic mass is 9.95. The van der Waals surface area contributed by atoms with Crippen LogP contribution < -0.4 is 4.90 Å². The van der Waals surface area contributed by atoms with E-state index in [2.05, 4.69) is 42.2 Å². The number of unbranched alkanes of at least 4 members (excludes halogenated alkanes) is 1. The zero-order valence-electron chi connectivity index (χ0n) is 18.1. The normalized spacial score (nSPS) is 15.0. The molecule has 1 amide bonds. The van der Waals surface area contributed by atoms with Gasteiger partial charge in [0, 0.05) is 37.5 Å². The molecular formula is C24H30N4OS. The summed E-state index contributed by atoms with van der Waals surface area (Å²) in [6.07, 6.45) is 3.96. The van der Waals surface area contributed by atoms with Crippen molar-refractivity contribution in [2.75, 3.05) is 31.6 Å². The molecule has 1 aromatic carbocycles. The Labute approximate surface area is 182 Å². The molecule has 0 saturated carbocycles. The second kappa shape index (κ2) is 9.13. The molecule has 0 N–H and O–H groups in total. The van der Waals surface area contributed by atoms with Crippen molar-refractivity contribution in [2.45, 2.75) is 39.5 Å². The van der Waals surface area contributed by atoms with Gasteiger partial charge < -0.3 is 9.80 Å². The Bertz CT molecular complexity index is 1010. The number of nitrogens with zero attached hydrogens (tertiary/aromatic N) is 4. The van der Waals surface area contributed by atoms with Crippen LogP contribution in [0.2, 0.25) is 0 Å². The van der Waals surface area contributed by atoms with E-state index >= 15 is 0 Å². The number of thiophene rings is 1. The molecule has 5 nitrogen and oxygen atoms in total. The first-order valence-electron chi connectivity index (χ1n) is 10.9. The van der Waals surface area contributed by atoms with E-state index in [9.17, 15) is 4.79 Å². The highest BCUT2D eigenvalue weighted by molar-refractivity contribution is 7.21. The predicted octanol–water partition coefficient (Wildman–Crippen LogP) is 5.14. The Morgan fingerprint density at radius 1 is 1.20 bits per heavy atom. The van der Waals surface area contributed by atoms with E-state index in [1.165, 1.54) is 10.4 Å². The SMILES string of the molecule is CCCCN(C)C(=O)C1CCN(c2nc(C)nc3sc(-c4ccccc4)cc23)CC1. The molecule has 0 atom stereocenters. The third kappa shape index (κ3) is 4.33. The molecule has 4 rings (SSSR count). The van der Waals surface area contributed by atoms with Crippen molar-refractivity contribution in [3.05, 3.63) is 42.2 Å². The number of rotatable bonds is 6. The third-order valence-electron chi connectivity index (χ3n) is 5.91. The van der Waals surface area contributed by atoms with Gasteiger partial charge in [0.2, 0.25) is 5.91 Å². The Hall–Kier alpha value is -2.47. The Balaban J connectivity index is 1.53. The summed E-state index contributed by atoms with van der Waals surface area (Å²) < 4.78 is 0. The van der Waals surface area contributed by atoms with Crippen molar-refractivity contribution < 1.29 is 4.79 Å². The summed E-state index contributed by atoms with van der Waals surface area (Å²) >= 11 is 1.72. The van der Waals surface area contributed by atoms with Gasteiger partial charge in [-0.05, 0) is 37.8 Å². The Kier molecular flexibility index (Phi) is 6.32. The monoisotopic (exact) mass is 422 g/mol. The number of fused-ring (bicyclic) bond motifs is 1. The Morgan fingerprint density at radius 2 is 1.93 bits per heavy atom. The number of anilines is 1. The van der Waals surface area contributed by atoms with E-state index in [0.29, 0.717) is 5.91 Å². The van der Waals surface area contributed by atoms with Crippen molar-refractivity contribution in [1.82, 2.24) is 14.9 Å². The van der Waals surface area contributed by atoms with Crippen LogP contribution >= 0.6 is 11.3 Å². The van der Waals surface area contributed by atoms with Crippen LogP contribution in [0.25, 0.3) is 20.7 Å². The van der Waals surface area contributed by atoms with E-state index in [-0.39, 0.29) is 5.92 Å². The molecule has 0 bridgehead atoms. The minimum absolute atomic E-state index is 0.129. The smallest absolute Gasteiger partial charge is 0.225 e. The molecule has 3 heterocycles. The second-order valence-corrected chi connectivity index (χ2v) is 9.20. The first kappa shape index (κ1) is 20.8. The summed E-state index contributed by atoms with van der Waals surface area (Å²) in [6.45, 7) is 6.71. The molecule has 6 heteroatoms. The van der Waals surface area contributed by atoms with E-state index in [1.807, 2.05) is 24.9 Å². The minimum atomic E-state index is 0.129. The number of hydrogen-bond donors (Lipinski definition) is 0. The van der Waals surface area contributed by atoms with Gasteiger partial charge >= 0.3 is 0 Å². The average Bonchev–Trinajstić information content (AvgIpc) is 3.21. The number of benzene rings is 1. The highest BCUT2D eigenvalue weighted by Gasteiger charge is 2.28. The summed E-state index contributed by atoms with van der Waals surface area (Å²) in [5.74, 6) is 2.25. The fourth-order valence-corrected chi connectivity index (χ4v) is 5.23. The fourth-order valence-electron chi connectivity index (χ4n) is 4.15. The van der Waals surface area contributed by atoms with Gasteiger partial charge in [-0.3, -0.25) is 4.79 Å². The molecule has 1 aliphatic rings. The van der Waals surface area contributed by atoms with Gasteiger partial charge in [0.1, 0.15) is 16.5 Å². The first-order chi connectivity index (χ1) is 14.6. The van der Waals surface area contributed by atoms with Crippen LogP contribution in [-0.2, 0) is 4.79 Å². The van der Waals surface area contributed by atoms with Crippen molar-refractivity contribution in [2.24, 2.45) is 5.92 Å². The highest BCUT2D eigenvalue weighted by Crippen LogP contribution is 2.37. The van der Waals surface area contributed by atoms with E-state index in [0.717, 1.165) is 67.2 Å². The zero-order chi connectivity index (χ0) is 21.1. The van der Waals surface area contributed by atoms with Crippen LogP contribution in [-0.4, -0.2) is 47.5 Å². The van der Waals surface area contributed by atoms with E-state index in [4.69, 9.17) is 9.97 Å². The van der Waals surface area contributed by atoms with Crippen molar-refractivity contribution in [3.8, 4) is 10.4 Å². The van der Waals surface area contributed by atoms with Gasteiger partial charge in [0.15, 0.2) is 0 Å². The van der Waals surface area contributed by atoms with Gasteiger partial charge in [-0.1, -0.05) is 43.7 Å². The third-order valence-corrected chi connectivity index (χ3v) is 6.99. The quantitative estimate of drug-likeness (QED) is 0.552. The van der Waals surface area contributed by atoms with E-state index in [1.54, 1.807) is 11.3 Å². The number of aromatic nitrogens is 2. The summed E-state index contributed by atoms with van der Waals surface area (Å²) in [5.41, 5.74) is 1.21. The lowest BCUT2D eigenvalue weighted by Gasteiger charge is -2.34. The van der Waals surface area contributed by atoms with Gasteiger partial charge in [0.05, 0.1) is 5.39 Å². The lowest BCUT2D eigenvalue weighted by Crippen LogP contribution is -2.41. The molecule has 0 aliphatic carbocycles. The second-order valence-electron chi connectivity index (χ2n) is 8.16. The number of amides is 1. The predicted molar refractivity (Wildman–Crippen MR) is 125 cm³/mol. The number of hydrogen-bond acceptors (Lipinski definition) is 5. The standard InChI is InChI=1S/C24H30N4OS/c1-4-5-13-27(3)24(29)19-11-14-28(15-12-19)22-20-16-21(18-9-7-6-8-10-18)30-23(20)26-17(2)25-22/h6-10,16,19H,4-5,11-15H2,1-3H3. The molecule has 3 aromatic rings. The molecule has 0 radical (unpaired) electrons. The van der Waals surface area contributed by atoms with Crippen LogP contribution in [0.3, 0.4) is 0 Å². The van der Waals surface area contributed by atoms with Gasteiger partial charge in [0.25, 0.3) is 0 Å². The first-order valence-corrected chi connectivity index (χ1v) is 11.7. The van der Waals surface area contributed by atoms with Crippen LogP contribution in [0.15, 0.2) is 36.4 Å². The fraction of sp³-hybridized carbons (Fsp3) is 0.458. The molecule has 0 unspecified atom stereocenters. The summed E-state index contributed by atoms with van der Waals surface area (Å²) in [6, 6.07) is 12.7. The maximum atomic E-state index is 12.8. The average molecular weight is 423 g/mol. The maximum Gasteiger partial charge on any atom is 0.225 e. The number of aryl methyl sites for hydroxylation is 1. The summed E-state index contributed by atoms with van der Waals surface area (Å²) in [5, 5.41) is 1.12. The molecule has 30 heavy (non-hydrogen) atoms. The largest absolute Gasteiger partial charge is 0.356 e. The highest BCUT2D eigenvalue weighted by atomic mass is 32.1. The topological polar surface area (TPSA) is 49.3 Å². The van der Waals surface area contributed by atoms with E-state index < -0.39 is 0 Å². The van der Waals surface area contributed by atoms with Crippen molar-refractivity contribution >= 4 is 33.3 Å². The lowest BCUT2D eigenvalue weighted by molar-refractivity contribution is -0.134. The molecule has 1 fully saturated rings. The number of piperidine rings is 1. The molecule has 158 valence electrons. The van der Waals surface area contributed by atoms with Crippen molar-refractivity contribution in [1.29, 1.82) is 0 Å². The summed E-state index contributed by atoms with van der Waals surface area (Å²) in [7, 11) is 1.94. The maximum absolute atomic E-state index is 12.8.